The van der Waals surface area contributed by atoms with Crippen molar-refractivity contribution in [3.8, 4) is 0 Å². The van der Waals surface area contributed by atoms with Crippen molar-refractivity contribution in [3.05, 3.63) is 29.3 Å². The Morgan fingerprint density at radius 2 is 1.79 bits per heavy atom. The summed E-state index contributed by atoms with van der Waals surface area (Å²) in [5.41, 5.74) is 1.62. The van der Waals surface area contributed by atoms with E-state index in [4.69, 9.17) is 0 Å². The van der Waals surface area contributed by atoms with Crippen molar-refractivity contribution in [2.24, 2.45) is 4.99 Å². The zero-order chi connectivity index (χ0) is 21.4. The maximum absolute atomic E-state index is 11.7. The minimum atomic E-state index is -3.23. The Hall–Kier alpha value is -0.920. The molecule has 0 saturated carbocycles. The number of hydrogen-bond donors (Lipinski definition) is 2. The number of sulfone groups is 1. The van der Waals surface area contributed by atoms with E-state index in [0.29, 0.717) is 49.0 Å². The Balaban J connectivity index is 0.00000784. The lowest BCUT2D eigenvalue weighted by atomic mass is 10.1. The molecule has 2 N–H and O–H groups in total. The number of hydrogen-bond acceptors (Lipinski definition) is 5. The maximum Gasteiger partial charge on any atom is 0.213 e. The quantitative estimate of drug-likeness (QED) is 0.196. The molecule has 0 fully saturated rings. The Morgan fingerprint density at radius 1 is 1.14 bits per heavy atom. The first kappa shape index (κ1) is 28.1. The minimum Gasteiger partial charge on any atom is -0.357 e. The highest BCUT2D eigenvalue weighted by Gasteiger charge is 2.14. The number of halogens is 1. The number of guanidine groups is 1. The van der Waals surface area contributed by atoms with E-state index in [2.05, 4.69) is 15.6 Å². The van der Waals surface area contributed by atoms with Crippen molar-refractivity contribution in [2.75, 3.05) is 38.7 Å². The van der Waals surface area contributed by atoms with Crippen molar-refractivity contribution in [1.29, 1.82) is 0 Å². The Labute approximate surface area is 192 Å². The van der Waals surface area contributed by atoms with Gasteiger partial charge in [-0.15, -0.1) is 24.0 Å². The predicted octanol–water partition coefficient (Wildman–Crippen LogP) is 1.74. The summed E-state index contributed by atoms with van der Waals surface area (Å²) in [5.74, 6) is 0.729. The van der Waals surface area contributed by atoms with Crippen LogP contribution in [0.1, 0.15) is 31.4 Å². The van der Waals surface area contributed by atoms with E-state index in [1.54, 1.807) is 33.0 Å². The Bertz CT molecular complexity index is 887. The molecule has 0 unspecified atom stereocenters. The number of nitrogens with one attached hydrogen (secondary N) is 2. The zero-order valence-electron chi connectivity index (χ0n) is 17.7. The van der Waals surface area contributed by atoms with Crippen molar-refractivity contribution in [3.63, 3.8) is 0 Å². The van der Waals surface area contributed by atoms with Gasteiger partial charge in [0.1, 0.15) is 0 Å². The molecule has 29 heavy (non-hydrogen) atoms. The summed E-state index contributed by atoms with van der Waals surface area (Å²) < 4.78 is 48.2. The fourth-order valence-electron chi connectivity index (χ4n) is 2.61. The second-order valence-corrected chi connectivity index (χ2v) is 10.9. The van der Waals surface area contributed by atoms with Crippen LogP contribution < -0.4 is 10.6 Å². The molecule has 0 aliphatic rings. The zero-order valence-corrected chi connectivity index (χ0v) is 21.7. The normalized spacial score (nSPS) is 12.6. The van der Waals surface area contributed by atoms with Crippen LogP contribution in [0.5, 0.6) is 0 Å². The van der Waals surface area contributed by atoms with Crippen molar-refractivity contribution < 1.29 is 16.8 Å². The maximum atomic E-state index is 11.7. The molecule has 0 amide bonds. The number of aryl methyl sites for hydroxylation is 1. The molecule has 1 aromatic rings. The number of aliphatic imine (C=N–C) groups is 1. The second kappa shape index (κ2) is 12.7. The highest BCUT2D eigenvalue weighted by molar-refractivity contribution is 14.0. The summed E-state index contributed by atoms with van der Waals surface area (Å²) in [4.78, 5) is 4.84. The highest BCUT2D eigenvalue weighted by Crippen LogP contribution is 2.17. The molecule has 0 aromatic heterocycles. The molecule has 0 bridgehead atoms. The monoisotopic (exact) mass is 560 g/mol. The van der Waals surface area contributed by atoms with E-state index in [9.17, 15) is 16.8 Å². The first-order valence-corrected chi connectivity index (χ1v) is 12.8. The van der Waals surface area contributed by atoms with E-state index in [-0.39, 0.29) is 29.7 Å². The second-order valence-electron chi connectivity index (χ2n) is 6.57. The average Bonchev–Trinajstić information content (AvgIpc) is 2.61. The molecule has 11 heteroatoms. The first-order chi connectivity index (χ1) is 13.0. The number of benzene rings is 1. The SMILES string of the molecule is CCNC(=NCc1ccc(S(C)(=O)=O)c(C)c1)NCCCN(C)S(=O)(=O)CC.I. The third kappa shape index (κ3) is 9.62. The van der Waals surface area contributed by atoms with E-state index in [1.807, 2.05) is 13.0 Å². The van der Waals surface area contributed by atoms with Gasteiger partial charge in [0.25, 0.3) is 0 Å². The number of sulfonamides is 1. The van der Waals surface area contributed by atoms with Gasteiger partial charge in [0, 0.05) is 32.9 Å². The van der Waals surface area contributed by atoms with Crippen LogP contribution in [0.2, 0.25) is 0 Å². The van der Waals surface area contributed by atoms with Gasteiger partial charge in [0.2, 0.25) is 10.0 Å². The van der Waals surface area contributed by atoms with Gasteiger partial charge in [-0.25, -0.2) is 26.1 Å². The molecule has 1 aromatic carbocycles. The molecule has 0 spiro atoms. The van der Waals surface area contributed by atoms with Crippen molar-refractivity contribution in [2.45, 2.75) is 38.6 Å². The third-order valence-electron chi connectivity index (χ3n) is 4.18. The molecular weight excluding hydrogens is 527 g/mol. The van der Waals surface area contributed by atoms with Gasteiger partial charge in [0.05, 0.1) is 17.2 Å². The average molecular weight is 561 g/mol. The van der Waals surface area contributed by atoms with Gasteiger partial charge >= 0.3 is 0 Å². The lowest BCUT2D eigenvalue weighted by Crippen LogP contribution is -2.39. The molecule has 0 saturated heterocycles. The van der Waals surface area contributed by atoms with Gasteiger partial charge in [0.15, 0.2) is 15.8 Å². The van der Waals surface area contributed by atoms with Gasteiger partial charge < -0.3 is 10.6 Å². The lowest BCUT2D eigenvalue weighted by Gasteiger charge is -2.16. The standard InChI is InChI=1S/C18H32N4O4S2.HI/c1-6-19-18(20-11-8-12-22(4)28(25,26)7-2)21-14-16-9-10-17(15(3)13-16)27(5,23)24;/h9-10,13H,6-8,11-12,14H2,1-5H3,(H2,19,20,21);1H. The van der Waals surface area contributed by atoms with Crippen molar-refractivity contribution in [1.82, 2.24) is 14.9 Å². The van der Waals surface area contributed by atoms with Crippen LogP contribution >= 0.6 is 24.0 Å². The van der Waals surface area contributed by atoms with Crippen molar-refractivity contribution >= 4 is 49.8 Å². The molecular formula is C18H33IN4O4S2. The van der Waals surface area contributed by atoms with Gasteiger partial charge in [-0.2, -0.15) is 0 Å². The summed E-state index contributed by atoms with van der Waals surface area (Å²) in [7, 11) is -4.80. The van der Waals surface area contributed by atoms with E-state index in [1.165, 1.54) is 10.6 Å². The van der Waals surface area contributed by atoms with Crippen LogP contribution in [0.4, 0.5) is 0 Å². The molecule has 0 heterocycles. The summed E-state index contributed by atoms with van der Waals surface area (Å²) in [6.07, 6.45) is 1.85. The van der Waals surface area contributed by atoms with Crippen LogP contribution in [-0.4, -0.2) is 65.8 Å². The number of nitrogens with zero attached hydrogens (tertiary/aromatic N) is 2. The topological polar surface area (TPSA) is 108 Å². The van der Waals surface area contributed by atoms with Crippen LogP contribution in [-0.2, 0) is 26.4 Å². The molecule has 0 aliphatic carbocycles. The Kier molecular flexibility index (Phi) is 12.3. The van der Waals surface area contributed by atoms with Gasteiger partial charge in [-0.1, -0.05) is 12.1 Å². The van der Waals surface area contributed by atoms with E-state index in [0.717, 1.165) is 5.56 Å². The summed E-state index contributed by atoms with van der Waals surface area (Å²) in [6, 6.07) is 5.20. The van der Waals surface area contributed by atoms with Crippen LogP contribution in [0.3, 0.4) is 0 Å². The highest BCUT2D eigenvalue weighted by atomic mass is 127. The van der Waals surface area contributed by atoms with Crippen LogP contribution in [0, 0.1) is 6.92 Å². The lowest BCUT2D eigenvalue weighted by molar-refractivity contribution is 0.461. The largest absolute Gasteiger partial charge is 0.357 e. The summed E-state index contributed by atoms with van der Waals surface area (Å²) in [6.45, 7) is 7.49. The third-order valence-corrected chi connectivity index (χ3v) is 7.30. The van der Waals surface area contributed by atoms with Gasteiger partial charge in [-0.3, -0.25) is 0 Å². The molecule has 1 rings (SSSR count). The van der Waals surface area contributed by atoms with Crippen LogP contribution in [0.25, 0.3) is 0 Å². The molecule has 8 nitrogen and oxygen atoms in total. The van der Waals surface area contributed by atoms with E-state index >= 15 is 0 Å². The fraction of sp³-hybridized carbons (Fsp3) is 0.611. The molecule has 0 aliphatic heterocycles. The van der Waals surface area contributed by atoms with Crippen LogP contribution in [0.15, 0.2) is 28.1 Å². The fourth-order valence-corrected chi connectivity index (χ4v) is 4.41. The first-order valence-electron chi connectivity index (χ1n) is 9.27. The molecule has 168 valence electrons. The molecule has 0 atom stereocenters. The summed E-state index contributed by atoms with van der Waals surface area (Å²) in [5, 5.41) is 6.33. The van der Waals surface area contributed by atoms with Gasteiger partial charge in [-0.05, 0) is 44.4 Å². The minimum absolute atomic E-state index is 0. The predicted molar refractivity (Wildman–Crippen MR) is 129 cm³/mol. The molecule has 0 radical (unpaired) electrons. The smallest absolute Gasteiger partial charge is 0.213 e. The Morgan fingerprint density at radius 3 is 2.31 bits per heavy atom. The van der Waals surface area contributed by atoms with E-state index < -0.39 is 19.9 Å². The summed E-state index contributed by atoms with van der Waals surface area (Å²) >= 11 is 0. The number of rotatable bonds is 10.